The van der Waals surface area contributed by atoms with Gasteiger partial charge < -0.3 is 15.6 Å². The molecule has 1 aliphatic heterocycles. The molecule has 2 aromatic carbocycles. The Morgan fingerprint density at radius 3 is 2.76 bits per heavy atom. The molecule has 2 heterocycles. The number of halogens is 1. The summed E-state index contributed by atoms with van der Waals surface area (Å²) < 4.78 is 13.9. The average Bonchev–Trinajstić information content (AvgIpc) is 2.89. The normalized spacial score (nSPS) is 13.8. The van der Waals surface area contributed by atoms with E-state index in [2.05, 4.69) is 39.9 Å². The number of aromatic nitrogens is 1. The van der Waals surface area contributed by atoms with Crippen LogP contribution in [0.25, 0.3) is 22.2 Å². The van der Waals surface area contributed by atoms with Crippen molar-refractivity contribution in [2.75, 3.05) is 20.1 Å². The van der Waals surface area contributed by atoms with Gasteiger partial charge in [-0.05, 0) is 55.3 Å². The fraction of sp³-hybridized carbons (Fsp3) is 0.250. The second kappa shape index (κ2) is 6.33. The van der Waals surface area contributed by atoms with E-state index < -0.39 is 5.82 Å². The molecule has 0 aliphatic carbocycles. The van der Waals surface area contributed by atoms with Gasteiger partial charge in [-0.1, -0.05) is 24.3 Å². The van der Waals surface area contributed by atoms with E-state index in [1.165, 1.54) is 17.7 Å². The maximum absolute atomic E-state index is 13.9. The Morgan fingerprint density at radius 1 is 1.20 bits per heavy atom. The van der Waals surface area contributed by atoms with E-state index in [1.807, 2.05) is 7.05 Å². The van der Waals surface area contributed by atoms with E-state index in [4.69, 9.17) is 0 Å². The summed E-state index contributed by atoms with van der Waals surface area (Å²) in [6, 6.07) is 11.2. The van der Waals surface area contributed by atoms with E-state index in [0.29, 0.717) is 17.6 Å². The Kier molecular flexibility index (Phi) is 4.01. The van der Waals surface area contributed by atoms with Crippen LogP contribution in [0, 0.1) is 5.82 Å². The van der Waals surface area contributed by atoms with Crippen molar-refractivity contribution in [1.82, 2.24) is 15.6 Å². The van der Waals surface area contributed by atoms with Crippen LogP contribution in [-0.2, 0) is 12.8 Å². The van der Waals surface area contributed by atoms with Crippen molar-refractivity contribution < 1.29 is 9.18 Å². The Bertz CT molecular complexity index is 944. The van der Waals surface area contributed by atoms with Crippen LogP contribution in [0.15, 0.2) is 36.4 Å². The SMILES string of the molecule is CNCCc1ccc(-c2[nH]c3cc(F)cc4c3c2CCNC4=O)cc1. The van der Waals surface area contributed by atoms with Crippen molar-refractivity contribution in [1.29, 1.82) is 0 Å². The minimum atomic E-state index is -0.402. The van der Waals surface area contributed by atoms with Gasteiger partial charge in [-0.3, -0.25) is 4.79 Å². The molecular formula is C20H20FN3O. The lowest BCUT2D eigenvalue weighted by molar-refractivity contribution is 0.0957. The van der Waals surface area contributed by atoms with Crippen molar-refractivity contribution >= 4 is 16.8 Å². The van der Waals surface area contributed by atoms with Crippen molar-refractivity contribution in [3.63, 3.8) is 0 Å². The predicted octanol–water partition coefficient (Wildman–Crippen LogP) is 3.02. The number of aromatic amines is 1. The first-order valence-corrected chi connectivity index (χ1v) is 8.53. The summed E-state index contributed by atoms with van der Waals surface area (Å²) in [5, 5.41) is 6.84. The molecule has 0 saturated carbocycles. The standard InChI is InChI=1S/C20H20FN3O/c1-22-8-6-12-2-4-13(5-3-12)19-15-7-9-23-20(25)16-10-14(21)11-17(24-19)18(15)16/h2-5,10-11,22,24H,6-9H2,1H3,(H,23,25). The fourth-order valence-electron chi connectivity index (χ4n) is 3.54. The number of benzene rings is 2. The predicted molar refractivity (Wildman–Crippen MR) is 97.4 cm³/mol. The van der Waals surface area contributed by atoms with Crippen LogP contribution >= 0.6 is 0 Å². The molecule has 5 heteroatoms. The summed E-state index contributed by atoms with van der Waals surface area (Å²) in [7, 11) is 1.94. The van der Waals surface area contributed by atoms with Gasteiger partial charge in [-0.25, -0.2) is 4.39 Å². The monoisotopic (exact) mass is 337 g/mol. The van der Waals surface area contributed by atoms with Gasteiger partial charge in [0.05, 0.1) is 5.56 Å². The van der Waals surface area contributed by atoms with E-state index in [-0.39, 0.29) is 5.91 Å². The minimum absolute atomic E-state index is 0.212. The van der Waals surface area contributed by atoms with Gasteiger partial charge in [-0.2, -0.15) is 0 Å². The number of rotatable bonds is 4. The second-order valence-electron chi connectivity index (χ2n) is 6.41. The lowest BCUT2D eigenvalue weighted by Crippen LogP contribution is -2.23. The van der Waals surface area contributed by atoms with Crippen molar-refractivity contribution in [2.24, 2.45) is 0 Å². The first-order valence-electron chi connectivity index (χ1n) is 8.53. The smallest absolute Gasteiger partial charge is 0.252 e. The third kappa shape index (κ3) is 2.81. The van der Waals surface area contributed by atoms with Gasteiger partial charge in [0.25, 0.3) is 5.91 Å². The highest BCUT2D eigenvalue weighted by Crippen LogP contribution is 2.34. The van der Waals surface area contributed by atoms with Crippen molar-refractivity contribution in [3.05, 3.63) is 58.9 Å². The Morgan fingerprint density at radius 2 is 2.00 bits per heavy atom. The topological polar surface area (TPSA) is 56.9 Å². The van der Waals surface area contributed by atoms with E-state index >= 15 is 0 Å². The highest BCUT2D eigenvalue weighted by atomic mass is 19.1. The highest BCUT2D eigenvalue weighted by molar-refractivity contribution is 6.10. The number of hydrogen-bond donors (Lipinski definition) is 3. The summed E-state index contributed by atoms with van der Waals surface area (Å²) in [4.78, 5) is 15.6. The molecule has 4 rings (SSSR count). The van der Waals surface area contributed by atoms with Gasteiger partial charge in [0, 0.05) is 23.1 Å². The van der Waals surface area contributed by atoms with Crippen LogP contribution in [0.5, 0.6) is 0 Å². The number of carbonyl (C=O) groups excluding carboxylic acids is 1. The van der Waals surface area contributed by atoms with Crippen LogP contribution in [0.2, 0.25) is 0 Å². The van der Waals surface area contributed by atoms with E-state index in [0.717, 1.165) is 41.6 Å². The summed E-state index contributed by atoms with van der Waals surface area (Å²) in [6.07, 6.45) is 1.70. The molecular weight excluding hydrogens is 317 g/mol. The third-order valence-electron chi connectivity index (χ3n) is 4.78. The average molecular weight is 337 g/mol. The summed E-state index contributed by atoms with van der Waals surface area (Å²) in [5.41, 5.74) is 5.46. The molecule has 3 aromatic rings. The molecule has 0 atom stereocenters. The third-order valence-corrected chi connectivity index (χ3v) is 4.78. The first-order chi connectivity index (χ1) is 12.2. The molecule has 0 radical (unpaired) electrons. The molecule has 3 N–H and O–H groups in total. The first kappa shape index (κ1) is 15.8. The Balaban J connectivity index is 1.84. The van der Waals surface area contributed by atoms with Crippen LogP contribution in [0.4, 0.5) is 4.39 Å². The number of carbonyl (C=O) groups is 1. The quantitative estimate of drug-likeness (QED) is 0.685. The maximum atomic E-state index is 13.9. The van der Waals surface area contributed by atoms with E-state index in [1.54, 1.807) is 0 Å². The maximum Gasteiger partial charge on any atom is 0.252 e. The number of H-pyrrole nitrogens is 1. The van der Waals surface area contributed by atoms with Gasteiger partial charge in [-0.15, -0.1) is 0 Å². The minimum Gasteiger partial charge on any atom is -0.354 e. The molecule has 128 valence electrons. The zero-order valence-electron chi connectivity index (χ0n) is 14.1. The Hall–Kier alpha value is -2.66. The van der Waals surface area contributed by atoms with Gasteiger partial charge in [0.15, 0.2) is 0 Å². The lowest BCUT2D eigenvalue weighted by Gasteiger charge is -2.06. The zero-order chi connectivity index (χ0) is 17.4. The van der Waals surface area contributed by atoms with Crippen LogP contribution in [0.3, 0.4) is 0 Å². The van der Waals surface area contributed by atoms with Crippen LogP contribution in [-0.4, -0.2) is 31.0 Å². The molecule has 4 nitrogen and oxygen atoms in total. The number of amides is 1. The Labute approximate surface area is 145 Å². The molecule has 0 fully saturated rings. The molecule has 0 saturated heterocycles. The van der Waals surface area contributed by atoms with Gasteiger partial charge in [0.2, 0.25) is 0 Å². The number of nitrogens with one attached hydrogen (secondary N) is 3. The second-order valence-corrected chi connectivity index (χ2v) is 6.41. The number of hydrogen-bond acceptors (Lipinski definition) is 2. The highest BCUT2D eigenvalue weighted by Gasteiger charge is 2.23. The van der Waals surface area contributed by atoms with Crippen molar-refractivity contribution in [2.45, 2.75) is 12.8 Å². The summed E-state index contributed by atoms with van der Waals surface area (Å²) in [5.74, 6) is -0.613. The molecule has 0 bridgehead atoms. The zero-order valence-corrected chi connectivity index (χ0v) is 14.1. The van der Waals surface area contributed by atoms with Crippen molar-refractivity contribution in [3.8, 4) is 11.3 Å². The van der Waals surface area contributed by atoms with Gasteiger partial charge >= 0.3 is 0 Å². The van der Waals surface area contributed by atoms with Gasteiger partial charge in [0.1, 0.15) is 5.82 Å². The fourth-order valence-corrected chi connectivity index (χ4v) is 3.54. The van der Waals surface area contributed by atoms with Crippen LogP contribution < -0.4 is 10.6 Å². The molecule has 1 aliphatic rings. The van der Waals surface area contributed by atoms with Crippen LogP contribution in [0.1, 0.15) is 21.5 Å². The summed E-state index contributed by atoms with van der Waals surface area (Å²) >= 11 is 0. The molecule has 1 aromatic heterocycles. The summed E-state index contributed by atoms with van der Waals surface area (Å²) in [6.45, 7) is 1.49. The molecule has 0 unspecified atom stereocenters. The molecule has 1 amide bonds. The van der Waals surface area contributed by atoms with E-state index in [9.17, 15) is 9.18 Å². The molecule has 25 heavy (non-hydrogen) atoms. The number of likely N-dealkylation sites (N-methyl/N-ethyl adjacent to an activating group) is 1. The largest absolute Gasteiger partial charge is 0.354 e. The molecule has 0 spiro atoms. The lowest BCUT2D eigenvalue weighted by atomic mass is 9.99.